The highest BCUT2D eigenvalue weighted by atomic mass is 32.2. The summed E-state index contributed by atoms with van der Waals surface area (Å²) in [6, 6.07) is -1.47. The number of nitrogens with one attached hydrogen (secondary N) is 1. The number of esters is 1. The molecule has 0 saturated heterocycles. The van der Waals surface area contributed by atoms with Crippen molar-refractivity contribution in [2.45, 2.75) is 46.6 Å². The summed E-state index contributed by atoms with van der Waals surface area (Å²) in [7, 11) is -3.91. The number of alkyl halides is 1. The molecule has 0 aromatic rings. The second-order valence-electron chi connectivity index (χ2n) is 4.75. The molecule has 18 heavy (non-hydrogen) atoms. The van der Waals surface area contributed by atoms with Crippen LogP contribution < -0.4 is 4.72 Å². The van der Waals surface area contributed by atoms with Gasteiger partial charge in [-0.1, -0.05) is 13.8 Å². The summed E-state index contributed by atoms with van der Waals surface area (Å²) in [5, 5.41) is 0. The van der Waals surface area contributed by atoms with Crippen LogP contribution in [0.1, 0.15) is 40.5 Å². The molecule has 108 valence electrons. The second-order valence-corrected chi connectivity index (χ2v) is 6.48. The Balaban J connectivity index is 4.42. The normalized spacial score (nSPS) is 14.3. The van der Waals surface area contributed by atoms with Crippen LogP contribution in [0.2, 0.25) is 0 Å². The Hall–Kier alpha value is -0.690. The van der Waals surface area contributed by atoms with Gasteiger partial charge in [-0.25, -0.2) is 17.5 Å². The zero-order valence-corrected chi connectivity index (χ0v) is 12.1. The molecule has 0 aromatic carbocycles. The van der Waals surface area contributed by atoms with Crippen LogP contribution in [0.5, 0.6) is 0 Å². The van der Waals surface area contributed by atoms with E-state index in [9.17, 15) is 17.6 Å². The molecule has 1 atom stereocenters. The fraction of sp³-hybridized carbons (Fsp3) is 0.909. The Labute approximate surface area is 108 Å². The van der Waals surface area contributed by atoms with Gasteiger partial charge in [0.05, 0.1) is 5.41 Å². The van der Waals surface area contributed by atoms with E-state index in [1.807, 2.05) is 6.92 Å². The molecule has 0 aliphatic heterocycles. The molecule has 0 aliphatic rings. The maximum absolute atomic E-state index is 12.1. The van der Waals surface area contributed by atoms with Crippen molar-refractivity contribution >= 4 is 16.0 Å². The predicted octanol–water partition coefficient (Wildman–Crippen LogP) is 1.59. The Morgan fingerprint density at radius 3 is 2.33 bits per heavy atom. The van der Waals surface area contributed by atoms with E-state index in [-0.39, 0.29) is 12.5 Å². The van der Waals surface area contributed by atoms with Crippen LogP contribution in [-0.4, -0.2) is 33.0 Å². The third-order valence-corrected chi connectivity index (χ3v) is 3.73. The van der Waals surface area contributed by atoms with Crippen LogP contribution >= 0.6 is 0 Å². The first-order valence-corrected chi connectivity index (χ1v) is 7.58. The maximum atomic E-state index is 12.1. The van der Waals surface area contributed by atoms with E-state index in [0.29, 0.717) is 12.8 Å². The van der Waals surface area contributed by atoms with Gasteiger partial charge in [0, 0.05) is 6.54 Å². The number of carbonyl (C=O) groups excluding carboxylic acids is 1. The maximum Gasteiger partial charge on any atom is 0.311 e. The number of halogens is 1. The Morgan fingerprint density at radius 1 is 1.39 bits per heavy atom. The summed E-state index contributed by atoms with van der Waals surface area (Å²) < 4.78 is 41.2. The summed E-state index contributed by atoms with van der Waals surface area (Å²) in [5.41, 5.74) is -0.605. The lowest BCUT2D eigenvalue weighted by atomic mass is 9.90. The van der Waals surface area contributed by atoms with Crippen LogP contribution in [-0.2, 0) is 19.6 Å². The van der Waals surface area contributed by atoms with Gasteiger partial charge in [0.15, 0.2) is 0 Å². The van der Waals surface area contributed by atoms with E-state index < -0.39 is 27.5 Å². The molecule has 0 aliphatic carbocycles. The molecule has 1 N–H and O–H groups in total. The fourth-order valence-corrected chi connectivity index (χ4v) is 1.50. The van der Waals surface area contributed by atoms with E-state index in [2.05, 4.69) is 4.72 Å². The lowest BCUT2D eigenvalue weighted by molar-refractivity contribution is -0.159. The summed E-state index contributed by atoms with van der Waals surface area (Å²) in [6.45, 7) is 7.05. The highest BCUT2D eigenvalue weighted by Gasteiger charge is 2.29. The molecule has 5 nitrogen and oxygen atoms in total. The molecule has 0 amide bonds. The summed E-state index contributed by atoms with van der Waals surface area (Å²) in [4.78, 5) is 11.8. The topological polar surface area (TPSA) is 72.5 Å². The number of ether oxygens (including phenoxy) is 1. The number of rotatable bonds is 8. The van der Waals surface area contributed by atoms with Gasteiger partial charge >= 0.3 is 5.97 Å². The fourth-order valence-electron chi connectivity index (χ4n) is 0.983. The van der Waals surface area contributed by atoms with E-state index >= 15 is 0 Å². The molecule has 0 bridgehead atoms. The highest BCUT2D eigenvalue weighted by molar-refractivity contribution is 7.89. The van der Waals surface area contributed by atoms with E-state index in [1.54, 1.807) is 20.8 Å². The smallest absolute Gasteiger partial charge is 0.311 e. The molecule has 0 aromatic heterocycles. The van der Waals surface area contributed by atoms with Gasteiger partial charge in [-0.15, -0.1) is 0 Å². The molecular formula is C11H22FNO4S. The van der Waals surface area contributed by atoms with E-state index in [0.717, 1.165) is 0 Å². The Morgan fingerprint density at radius 2 is 1.94 bits per heavy atom. The number of hydrogen-bond donors (Lipinski definition) is 1. The van der Waals surface area contributed by atoms with Crippen LogP contribution in [0.15, 0.2) is 0 Å². The molecule has 0 fully saturated rings. The van der Waals surface area contributed by atoms with Gasteiger partial charge in [0.25, 0.3) is 0 Å². The Bertz CT molecular complexity index is 367. The van der Waals surface area contributed by atoms with Crippen LogP contribution in [0.25, 0.3) is 0 Å². The zero-order chi connectivity index (χ0) is 14.4. The zero-order valence-electron chi connectivity index (χ0n) is 11.3. The van der Waals surface area contributed by atoms with Crippen molar-refractivity contribution in [2.75, 3.05) is 12.6 Å². The average molecular weight is 283 g/mol. The average Bonchev–Trinajstić information content (AvgIpc) is 2.33. The van der Waals surface area contributed by atoms with Crippen molar-refractivity contribution in [3.8, 4) is 0 Å². The lowest BCUT2D eigenvalue weighted by Gasteiger charge is -2.24. The predicted molar refractivity (Wildman–Crippen MR) is 67.1 cm³/mol. The molecule has 0 heterocycles. The summed E-state index contributed by atoms with van der Waals surface area (Å²) in [6.07, 6.45) is 0.503. The molecule has 0 rings (SSSR count). The van der Waals surface area contributed by atoms with Crippen molar-refractivity contribution in [1.82, 2.24) is 4.72 Å². The van der Waals surface area contributed by atoms with Gasteiger partial charge < -0.3 is 4.74 Å². The molecule has 0 spiro atoms. The van der Waals surface area contributed by atoms with Crippen molar-refractivity contribution in [1.29, 1.82) is 0 Å². The lowest BCUT2D eigenvalue weighted by Crippen LogP contribution is -2.38. The number of carbonyl (C=O) groups is 1. The molecular weight excluding hydrogens is 261 g/mol. The Kier molecular flexibility index (Phi) is 6.77. The SMILES string of the molecule is CCC(CNS(=O)(=O)CF)OC(=O)C(C)(C)CC. The largest absolute Gasteiger partial charge is 0.461 e. The van der Waals surface area contributed by atoms with Crippen LogP contribution in [0, 0.1) is 5.41 Å². The second kappa shape index (κ2) is 7.04. The molecule has 1 unspecified atom stereocenters. The molecule has 0 saturated carbocycles. The van der Waals surface area contributed by atoms with Crippen molar-refractivity contribution in [2.24, 2.45) is 5.41 Å². The van der Waals surface area contributed by atoms with Gasteiger partial charge in [-0.3, -0.25) is 4.79 Å². The van der Waals surface area contributed by atoms with Crippen molar-refractivity contribution in [3.05, 3.63) is 0 Å². The summed E-state index contributed by atoms with van der Waals surface area (Å²) >= 11 is 0. The van der Waals surface area contributed by atoms with Crippen molar-refractivity contribution in [3.63, 3.8) is 0 Å². The minimum Gasteiger partial charge on any atom is -0.461 e. The minimum atomic E-state index is -3.91. The molecule has 0 radical (unpaired) electrons. The third kappa shape index (κ3) is 5.77. The van der Waals surface area contributed by atoms with E-state index in [1.165, 1.54) is 0 Å². The first-order valence-electron chi connectivity index (χ1n) is 5.93. The summed E-state index contributed by atoms with van der Waals surface area (Å²) in [5.74, 6) is -0.378. The van der Waals surface area contributed by atoms with Gasteiger partial charge in [-0.05, 0) is 26.7 Å². The van der Waals surface area contributed by atoms with Crippen LogP contribution in [0.4, 0.5) is 4.39 Å². The highest BCUT2D eigenvalue weighted by Crippen LogP contribution is 2.22. The molecule has 7 heteroatoms. The van der Waals surface area contributed by atoms with E-state index in [4.69, 9.17) is 4.74 Å². The van der Waals surface area contributed by atoms with Gasteiger partial charge in [0.1, 0.15) is 6.10 Å². The number of hydrogen-bond acceptors (Lipinski definition) is 4. The monoisotopic (exact) mass is 283 g/mol. The van der Waals surface area contributed by atoms with Gasteiger partial charge in [0.2, 0.25) is 16.0 Å². The third-order valence-electron chi connectivity index (χ3n) is 2.84. The number of sulfonamides is 1. The minimum absolute atomic E-state index is 0.103. The quantitative estimate of drug-likeness (QED) is 0.687. The van der Waals surface area contributed by atoms with Crippen LogP contribution in [0.3, 0.4) is 0 Å². The standard InChI is InChI=1S/C11H22FNO4S/c1-5-9(7-13-18(15,16)8-12)17-10(14)11(3,4)6-2/h9,13H,5-8H2,1-4H3. The van der Waals surface area contributed by atoms with Crippen molar-refractivity contribution < 1.29 is 22.3 Å². The first-order chi connectivity index (χ1) is 8.18. The van der Waals surface area contributed by atoms with Gasteiger partial charge in [-0.2, -0.15) is 0 Å². The first kappa shape index (κ1) is 17.3.